The molecule has 8 rings (SSSR count). The second-order valence-electron chi connectivity index (χ2n) is 9.32. The van der Waals surface area contributed by atoms with Crippen molar-refractivity contribution in [3.05, 3.63) is 122 Å². The Hall–Kier alpha value is -4.82. The summed E-state index contributed by atoms with van der Waals surface area (Å²) in [4.78, 5) is 0. The summed E-state index contributed by atoms with van der Waals surface area (Å²) in [6.45, 7) is 0. The van der Waals surface area contributed by atoms with Crippen LogP contribution in [0, 0.1) is 0 Å². The second-order valence-corrected chi connectivity index (χ2v) is 9.32. The van der Waals surface area contributed by atoms with Crippen LogP contribution < -0.4 is 0 Å². The molecule has 0 fully saturated rings. The van der Waals surface area contributed by atoms with Crippen LogP contribution in [0.4, 0.5) is 0 Å². The van der Waals surface area contributed by atoms with Crippen LogP contribution in [0.25, 0.3) is 76.5 Å². The van der Waals surface area contributed by atoms with Crippen molar-refractivity contribution in [2.75, 3.05) is 0 Å². The van der Waals surface area contributed by atoms with Gasteiger partial charge >= 0.3 is 0 Å². The van der Waals surface area contributed by atoms with Gasteiger partial charge in [-0.3, -0.25) is 0 Å². The smallest absolute Gasteiger partial charge is 0.133 e. The lowest BCUT2D eigenvalue weighted by Gasteiger charge is -2.17. The van der Waals surface area contributed by atoms with Crippen LogP contribution in [0.15, 0.2) is 131 Å². The molecule has 36 heavy (non-hydrogen) atoms. The van der Waals surface area contributed by atoms with Crippen LogP contribution in [-0.2, 0) is 0 Å². The summed E-state index contributed by atoms with van der Waals surface area (Å²) in [5, 5.41) is 12.6. The zero-order valence-electron chi connectivity index (χ0n) is 19.4. The van der Waals surface area contributed by atoms with E-state index in [-0.39, 0.29) is 0 Å². The normalized spacial score (nSPS) is 11.9. The van der Waals surface area contributed by atoms with Gasteiger partial charge in [0.25, 0.3) is 0 Å². The molecule has 168 valence electrons. The number of furan rings is 2. The molecule has 0 radical (unpaired) electrons. The highest BCUT2D eigenvalue weighted by atomic mass is 16.3. The molecule has 0 N–H and O–H groups in total. The molecule has 0 aliphatic heterocycles. The minimum absolute atomic E-state index is 0.878. The van der Waals surface area contributed by atoms with E-state index in [1.165, 1.54) is 53.9 Å². The Balaban J connectivity index is 1.67. The number of rotatable bonds is 2. The van der Waals surface area contributed by atoms with E-state index in [9.17, 15) is 0 Å². The first kappa shape index (κ1) is 19.5. The largest absolute Gasteiger partial charge is 0.464 e. The van der Waals surface area contributed by atoms with Crippen LogP contribution in [0.5, 0.6) is 0 Å². The lowest BCUT2D eigenvalue weighted by Crippen LogP contribution is -1.89. The third kappa shape index (κ3) is 2.67. The Morgan fingerprint density at radius 3 is 1.17 bits per heavy atom. The second kappa shape index (κ2) is 7.34. The Kier molecular flexibility index (Phi) is 3.97. The summed E-state index contributed by atoms with van der Waals surface area (Å²) >= 11 is 0. The van der Waals surface area contributed by atoms with Crippen LogP contribution in [0.2, 0.25) is 0 Å². The quantitative estimate of drug-likeness (QED) is 0.240. The maximum Gasteiger partial charge on any atom is 0.133 e. The van der Waals surface area contributed by atoms with Gasteiger partial charge in [0, 0.05) is 11.1 Å². The van der Waals surface area contributed by atoms with E-state index in [0.717, 1.165) is 22.6 Å². The van der Waals surface area contributed by atoms with Gasteiger partial charge in [-0.15, -0.1) is 0 Å². The molecule has 2 heteroatoms. The van der Waals surface area contributed by atoms with Crippen LogP contribution >= 0.6 is 0 Å². The van der Waals surface area contributed by atoms with E-state index in [1.807, 2.05) is 24.3 Å². The van der Waals surface area contributed by atoms with Crippen LogP contribution in [0.3, 0.4) is 0 Å². The molecule has 0 saturated heterocycles. The Morgan fingerprint density at radius 2 is 0.750 bits per heavy atom. The van der Waals surface area contributed by atoms with Crippen molar-refractivity contribution < 1.29 is 8.83 Å². The fourth-order valence-corrected chi connectivity index (χ4v) is 5.86. The minimum atomic E-state index is 0.878. The molecule has 0 aliphatic carbocycles. The summed E-state index contributed by atoms with van der Waals surface area (Å²) in [6.07, 6.45) is 3.47. The first-order valence-electron chi connectivity index (χ1n) is 12.2. The molecular formula is C34H20O2. The summed E-state index contributed by atoms with van der Waals surface area (Å²) < 4.78 is 11.5. The molecule has 2 aromatic heterocycles. The number of hydrogen-bond donors (Lipinski definition) is 0. The summed E-state index contributed by atoms with van der Waals surface area (Å²) in [5.41, 5.74) is 2.16. The van der Waals surface area contributed by atoms with E-state index in [1.54, 1.807) is 12.5 Å². The number of fused-ring (bicyclic) bond motifs is 11. The predicted octanol–water partition coefficient (Wildman–Crippen LogP) is 9.97. The topological polar surface area (TPSA) is 26.3 Å². The van der Waals surface area contributed by atoms with E-state index >= 15 is 0 Å². The molecule has 0 saturated carbocycles. The van der Waals surface area contributed by atoms with Crippen LogP contribution in [0.1, 0.15) is 0 Å². The maximum absolute atomic E-state index is 5.77. The summed E-state index contributed by atoms with van der Waals surface area (Å²) in [6, 6.07) is 38.8. The molecule has 0 bridgehead atoms. The SMILES string of the molecule is c1coc(-c2ccc3c4ccc(-c5ccco5)cc4c4c5ccccc5c5ccccc5c4c3c2)c1. The minimum Gasteiger partial charge on any atom is -0.464 e. The zero-order valence-corrected chi connectivity index (χ0v) is 19.4. The van der Waals surface area contributed by atoms with Gasteiger partial charge in [-0.1, -0.05) is 72.8 Å². The molecule has 0 atom stereocenters. The Bertz CT molecular complexity index is 1930. The number of benzene rings is 6. The van der Waals surface area contributed by atoms with Gasteiger partial charge in [-0.2, -0.15) is 0 Å². The first-order chi connectivity index (χ1) is 17.9. The molecule has 6 aromatic carbocycles. The van der Waals surface area contributed by atoms with E-state index < -0.39 is 0 Å². The predicted molar refractivity (Wildman–Crippen MR) is 149 cm³/mol. The van der Waals surface area contributed by atoms with E-state index in [0.29, 0.717) is 0 Å². The highest BCUT2D eigenvalue weighted by molar-refractivity contribution is 6.39. The van der Waals surface area contributed by atoms with Gasteiger partial charge in [0.2, 0.25) is 0 Å². The highest BCUT2D eigenvalue weighted by Gasteiger charge is 2.17. The standard InChI is InChI=1S/C34H20O2/c1-3-9-27-23(7-1)24-8-2-4-10-28(24)34-30-20-22(32-12-6-18-36-32)14-16-26(30)25-15-13-21(19-29(25)33(27)34)31-11-5-17-35-31/h1-20H. The third-order valence-electron chi connectivity index (χ3n) is 7.41. The molecule has 2 nitrogen and oxygen atoms in total. The van der Waals surface area contributed by atoms with Gasteiger partial charge in [0.05, 0.1) is 12.5 Å². The molecule has 8 aromatic rings. The monoisotopic (exact) mass is 460 g/mol. The van der Waals surface area contributed by atoms with Gasteiger partial charge in [-0.25, -0.2) is 0 Å². The summed E-state index contributed by atoms with van der Waals surface area (Å²) in [7, 11) is 0. The Morgan fingerprint density at radius 1 is 0.333 bits per heavy atom. The van der Waals surface area contributed by atoms with Gasteiger partial charge in [0.1, 0.15) is 11.5 Å². The molecule has 0 amide bonds. The molecule has 0 unspecified atom stereocenters. The van der Waals surface area contributed by atoms with Crippen molar-refractivity contribution in [3.63, 3.8) is 0 Å². The average Bonchev–Trinajstić information content (AvgIpc) is 3.67. The molecule has 2 heterocycles. The van der Waals surface area contributed by atoms with Gasteiger partial charge in [0.15, 0.2) is 0 Å². The lowest BCUT2D eigenvalue weighted by molar-refractivity contribution is 0.582. The van der Waals surface area contributed by atoms with Gasteiger partial charge < -0.3 is 8.83 Å². The van der Waals surface area contributed by atoms with Crippen molar-refractivity contribution in [3.8, 4) is 22.6 Å². The molecular weight excluding hydrogens is 440 g/mol. The first-order valence-corrected chi connectivity index (χ1v) is 12.2. The van der Waals surface area contributed by atoms with Crippen molar-refractivity contribution in [1.82, 2.24) is 0 Å². The molecule has 0 aliphatic rings. The fourth-order valence-electron chi connectivity index (χ4n) is 5.86. The van der Waals surface area contributed by atoms with Crippen molar-refractivity contribution in [2.45, 2.75) is 0 Å². The molecule has 0 spiro atoms. The van der Waals surface area contributed by atoms with Gasteiger partial charge in [-0.05, 0) is 90.3 Å². The third-order valence-corrected chi connectivity index (χ3v) is 7.41. The van der Waals surface area contributed by atoms with Crippen molar-refractivity contribution in [2.24, 2.45) is 0 Å². The van der Waals surface area contributed by atoms with E-state index in [2.05, 4.69) is 84.9 Å². The van der Waals surface area contributed by atoms with Crippen molar-refractivity contribution >= 4 is 53.9 Å². The average molecular weight is 461 g/mol. The van der Waals surface area contributed by atoms with Crippen molar-refractivity contribution in [1.29, 1.82) is 0 Å². The highest BCUT2D eigenvalue weighted by Crippen LogP contribution is 2.45. The Labute approximate surface area is 207 Å². The lowest BCUT2D eigenvalue weighted by atomic mass is 9.86. The summed E-state index contributed by atoms with van der Waals surface area (Å²) in [5.74, 6) is 1.76. The maximum atomic E-state index is 5.77. The van der Waals surface area contributed by atoms with Crippen LogP contribution in [-0.4, -0.2) is 0 Å². The zero-order chi connectivity index (χ0) is 23.6. The number of hydrogen-bond acceptors (Lipinski definition) is 2. The van der Waals surface area contributed by atoms with E-state index in [4.69, 9.17) is 8.83 Å². The fraction of sp³-hybridized carbons (Fsp3) is 0.